The van der Waals surface area contributed by atoms with Crippen molar-refractivity contribution in [3.63, 3.8) is 0 Å². The van der Waals surface area contributed by atoms with E-state index in [2.05, 4.69) is 0 Å². The zero-order chi connectivity index (χ0) is 14.7. The number of nitrogens with two attached hydrogens (primary N) is 1. The highest BCUT2D eigenvalue weighted by atomic mass is 16.4. The van der Waals surface area contributed by atoms with Gasteiger partial charge in [-0.2, -0.15) is 0 Å². The van der Waals surface area contributed by atoms with E-state index in [1.54, 1.807) is 12.1 Å². The Kier molecular flexibility index (Phi) is 4.36. The first-order chi connectivity index (χ1) is 9.54. The van der Waals surface area contributed by atoms with Crippen LogP contribution in [0.15, 0.2) is 24.3 Å². The summed E-state index contributed by atoms with van der Waals surface area (Å²) in [5.41, 5.74) is 6.78. The molecule has 0 aliphatic carbocycles. The molecule has 1 aromatic carbocycles. The maximum Gasteiger partial charge on any atom is 0.326 e. The molecule has 1 saturated heterocycles. The molecule has 1 aromatic rings. The number of aliphatic hydroxyl groups is 1. The lowest BCUT2D eigenvalue weighted by Gasteiger charge is -2.22. The normalized spacial score (nSPS) is 22.0. The third kappa shape index (κ3) is 2.81. The summed E-state index contributed by atoms with van der Waals surface area (Å²) in [6.07, 6.45) is -0.169. The van der Waals surface area contributed by atoms with Crippen molar-refractivity contribution >= 4 is 11.9 Å². The maximum atomic E-state index is 12.5. The van der Waals surface area contributed by atoms with Crippen LogP contribution in [0, 0.1) is 0 Å². The largest absolute Gasteiger partial charge is 0.480 e. The van der Waals surface area contributed by atoms with Gasteiger partial charge >= 0.3 is 5.97 Å². The number of amides is 1. The predicted molar refractivity (Wildman–Crippen MR) is 72.3 cm³/mol. The zero-order valence-corrected chi connectivity index (χ0v) is 11.0. The second-order valence-electron chi connectivity index (χ2n) is 4.90. The molecule has 20 heavy (non-hydrogen) atoms. The van der Waals surface area contributed by atoms with E-state index in [0.29, 0.717) is 18.5 Å². The van der Waals surface area contributed by atoms with E-state index in [4.69, 9.17) is 10.8 Å². The van der Waals surface area contributed by atoms with Gasteiger partial charge in [-0.15, -0.1) is 0 Å². The average Bonchev–Trinajstić information content (AvgIpc) is 2.81. The fourth-order valence-corrected chi connectivity index (χ4v) is 2.53. The van der Waals surface area contributed by atoms with Gasteiger partial charge in [0.25, 0.3) is 5.91 Å². The van der Waals surface area contributed by atoms with Gasteiger partial charge in [-0.1, -0.05) is 18.2 Å². The van der Waals surface area contributed by atoms with Crippen molar-refractivity contribution in [2.24, 2.45) is 5.73 Å². The minimum absolute atomic E-state index is 0.0484. The third-order valence-corrected chi connectivity index (χ3v) is 3.49. The molecule has 4 N–H and O–H groups in total. The molecule has 2 rings (SSSR count). The molecule has 1 aliphatic heterocycles. The van der Waals surface area contributed by atoms with Crippen molar-refractivity contribution in [1.29, 1.82) is 0 Å². The Hall–Kier alpha value is -1.92. The van der Waals surface area contributed by atoms with Crippen molar-refractivity contribution in [2.45, 2.75) is 25.0 Å². The number of hydrogen-bond acceptors (Lipinski definition) is 4. The number of carboxylic acid groups (broad SMARTS) is 1. The summed E-state index contributed by atoms with van der Waals surface area (Å²) in [6.45, 7) is 0.460. The van der Waals surface area contributed by atoms with E-state index in [1.807, 2.05) is 12.1 Å². The van der Waals surface area contributed by atoms with Crippen molar-refractivity contribution in [3.8, 4) is 0 Å². The zero-order valence-electron chi connectivity index (χ0n) is 11.0. The minimum Gasteiger partial charge on any atom is -0.480 e. The maximum absolute atomic E-state index is 12.5. The predicted octanol–water partition coefficient (Wildman–Crippen LogP) is -0.152. The van der Waals surface area contributed by atoms with Crippen LogP contribution in [0.25, 0.3) is 0 Å². The summed E-state index contributed by atoms with van der Waals surface area (Å²) < 4.78 is 0. The molecule has 1 amide bonds. The third-order valence-electron chi connectivity index (χ3n) is 3.49. The Morgan fingerprint density at radius 1 is 1.35 bits per heavy atom. The highest BCUT2D eigenvalue weighted by Crippen LogP contribution is 2.22. The van der Waals surface area contributed by atoms with E-state index in [-0.39, 0.29) is 18.9 Å². The molecule has 1 heterocycles. The molecular formula is C14H18N2O4. The Bertz CT molecular complexity index is 518. The lowest BCUT2D eigenvalue weighted by atomic mass is 10.0. The SMILES string of the molecule is NCCc1ccccc1C(=O)N1CC(O)C[C@H]1C(=O)O. The summed E-state index contributed by atoms with van der Waals surface area (Å²) >= 11 is 0. The molecule has 6 nitrogen and oxygen atoms in total. The van der Waals surface area contributed by atoms with Crippen LogP contribution in [0.3, 0.4) is 0 Å². The number of hydrogen-bond donors (Lipinski definition) is 3. The van der Waals surface area contributed by atoms with Gasteiger partial charge in [0.15, 0.2) is 0 Å². The van der Waals surface area contributed by atoms with Crippen LogP contribution in [-0.2, 0) is 11.2 Å². The number of carbonyl (C=O) groups is 2. The van der Waals surface area contributed by atoms with Crippen LogP contribution in [0.2, 0.25) is 0 Å². The molecular weight excluding hydrogens is 260 g/mol. The second-order valence-corrected chi connectivity index (χ2v) is 4.90. The van der Waals surface area contributed by atoms with Crippen LogP contribution in [0.1, 0.15) is 22.3 Å². The molecule has 108 valence electrons. The summed E-state index contributed by atoms with van der Waals surface area (Å²) in [5.74, 6) is -1.45. The number of rotatable bonds is 4. The number of aliphatic carboxylic acids is 1. The summed E-state index contributed by atoms with van der Waals surface area (Å²) in [4.78, 5) is 24.9. The van der Waals surface area contributed by atoms with Crippen molar-refractivity contribution < 1.29 is 19.8 Å². The fourth-order valence-electron chi connectivity index (χ4n) is 2.53. The molecule has 0 bridgehead atoms. The molecule has 1 fully saturated rings. The minimum atomic E-state index is -1.09. The fraction of sp³-hybridized carbons (Fsp3) is 0.429. The number of carboxylic acids is 1. The van der Waals surface area contributed by atoms with Gasteiger partial charge in [0.05, 0.1) is 6.10 Å². The van der Waals surface area contributed by atoms with E-state index in [9.17, 15) is 14.7 Å². The van der Waals surface area contributed by atoms with E-state index >= 15 is 0 Å². The van der Waals surface area contributed by atoms with Crippen molar-refractivity contribution in [2.75, 3.05) is 13.1 Å². The van der Waals surface area contributed by atoms with Gasteiger partial charge in [0.2, 0.25) is 0 Å². The van der Waals surface area contributed by atoms with E-state index in [1.165, 1.54) is 4.90 Å². The highest BCUT2D eigenvalue weighted by molar-refractivity contribution is 5.98. The van der Waals surface area contributed by atoms with Crippen molar-refractivity contribution in [3.05, 3.63) is 35.4 Å². The van der Waals surface area contributed by atoms with Gasteiger partial charge in [-0.3, -0.25) is 4.79 Å². The number of nitrogens with zero attached hydrogens (tertiary/aromatic N) is 1. The Labute approximate surface area is 116 Å². The quantitative estimate of drug-likeness (QED) is 0.710. The topological polar surface area (TPSA) is 104 Å². The van der Waals surface area contributed by atoms with Crippen molar-refractivity contribution in [1.82, 2.24) is 4.90 Å². The highest BCUT2D eigenvalue weighted by Gasteiger charge is 2.39. The lowest BCUT2D eigenvalue weighted by molar-refractivity contribution is -0.141. The average molecular weight is 278 g/mol. The van der Waals surface area contributed by atoms with Gasteiger partial charge in [0, 0.05) is 18.5 Å². The first kappa shape index (κ1) is 14.5. The molecule has 0 saturated carbocycles. The summed E-state index contributed by atoms with van der Waals surface area (Å²) in [5, 5.41) is 18.8. The molecule has 1 aliphatic rings. The van der Waals surface area contributed by atoms with E-state index < -0.39 is 18.1 Å². The van der Waals surface area contributed by atoms with Crippen LogP contribution in [0.5, 0.6) is 0 Å². The second kappa shape index (κ2) is 6.02. The number of likely N-dealkylation sites (tertiary alicyclic amines) is 1. The lowest BCUT2D eigenvalue weighted by Crippen LogP contribution is -2.41. The van der Waals surface area contributed by atoms with Gasteiger partial charge in [0.1, 0.15) is 6.04 Å². The monoisotopic (exact) mass is 278 g/mol. The van der Waals surface area contributed by atoms with Gasteiger partial charge < -0.3 is 20.8 Å². The first-order valence-corrected chi connectivity index (χ1v) is 6.54. The Morgan fingerprint density at radius 2 is 2.05 bits per heavy atom. The molecule has 0 radical (unpaired) electrons. The number of β-amino-alcohol motifs (C(OH)–C–C–N with tert-alkyl or cyclic N) is 1. The van der Waals surface area contributed by atoms with Crippen LogP contribution >= 0.6 is 0 Å². The standard InChI is InChI=1S/C14H18N2O4/c15-6-5-9-3-1-2-4-11(9)13(18)16-8-10(17)7-12(16)14(19)20/h1-4,10,12,17H,5-8,15H2,(H,19,20)/t10?,12-/m0/s1. The molecule has 0 aromatic heterocycles. The van der Waals surface area contributed by atoms with Crippen LogP contribution < -0.4 is 5.73 Å². The first-order valence-electron chi connectivity index (χ1n) is 6.54. The van der Waals surface area contributed by atoms with Crippen LogP contribution in [0.4, 0.5) is 0 Å². The van der Waals surface area contributed by atoms with Crippen LogP contribution in [-0.4, -0.2) is 52.2 Å². The molecule has 6 heteroatoms. The number of benzene rings is 1. The van der Waals surface area contributed by atoms with E-state index in [0.717, 1.165) is 5.56 Å². The molecule has 0 spiro atoms. The number of carbonyl (C=O) groups excluding carboxylic acids is 1. The summed E-state index contributed by atoms with van der Waals surface area (Å²) in [7, 11) is 0. The summed E-state index contributed by atoms with van der Waals surface area (Å²) in [6, 6.07) is 6.05. The van der Waals surface area contributed by atoms with Gasteiger partial charge in [-0.25, -0.2) is 4.79 Å². The Morgan fingerprint density at radius 3 is 2.70 bits per heavy atom. The smallest absolute Gasteiger partial charge is 0.326 e. The van der Waals surface area contributed by atoms with Gasteiger partial charge in [-0.05, 0) is 24.6 Å². The molecule has 2 atom stereocenters. The number of aliphatic hydroxyl groups excluding tert-OH is 1. The Balaban J connectivity index is 2.29. The molecule has 1 unspecified atom stereocenters.